The summed E-state index contributed by atoms with van der Waals surface area (Å²) in [6.45, 7) is 9.25. The molecular formula is C8H18OSi2. The van der Waals surface area contributed by atoms with E-state index in [2.05, 4.69) is 26.9 Å². The molecule has 0 bridgehead atoms. The van der Waals surface area contributed by atoms with Crippen LogP contribution in [0.25, 0.3) is 0 Å². The van der Waals surface area contributed by atoms with Crippen molar-refractivity contribution in [3.05, 3.63) is 0 Å². The zero-order valence-electron chi connectivity index (χ0n) is 8.03. The summed E-state index contributed by atoms with van der Waals surface area (Å²) >= 11 is 0. The van der Waals surface area contributed by atoms with Gasteiger partial charge in [0.1, 0.15) is 0 Å². The largest absolute Gasteiger partial charge is 0.551 e. The molecule has 0 aromatic heterocycles. The molecule has 0 saturated carbocycles. The minimum atomic E-state index is -0.370. The highest BCUT2D eigenvalue weighted by atomic mass is 28.9. The molecule has 0 N–H and O–H groups in total. The molecule has 0 radical (unpaired) electrons. The first-order valence-corrected chi connectivity index (χ1v) is 9.48. The average molecular weight is 186 g/mol. The molecule has 0 aromatic carbocycles. The number of hydrogen-bond acceptors (Lipinski definition) is 1. The van der Waals surface area contributed by atoms with E-state index < -0.39 is 0 Å². The van der Waals surface area contributed by atoms with Crippen molar-refractivity contribution in [1.29, 1.82) is 0 Å². The summed E-state index contributed by atoms with van der Waals surface area (Å²) in [6, 6.07) is 1.40. The van der Waals surface area contributed by atoms with Crippen LogP contribution in [0.1, 0.15) is 26.7 Å². The molecule has 64 valence electrons. The van der Waals surface area contributed by atoms with E-state index >= 15 is 0 Å². The average Bonchev–Trinajstić information content (AvgIpc) is 1.85. The maximum absolute atomic E-state index is 6.08. The lowest BCUT2D eigenvalue weighted by molar-refractivity contribution is 0.0879. The first-order chi connectivity index (χ1) is 5.01. The van der Waals surface area contributed by atoms with Gasteiger partial charge in [0.2, 0.25) is 0 Å². The van der Waals surface area contributed by atoms with Crippen LogP contribution in [0.15, 0.2) is 0 Å². The van der Waals surface area contributed by atoms with Crippen LogP contribution >= 0.6 is 0 Å². The highest BCUT2D eigenvalue weighted by molar-refractivity contribution is 6.92. The Morgan fingerprint density at radius 1 is 1.36 bits per heavy atom. The summed E-state index contributed by atoms with van der Waals surface area (Å²) in [6.07, 6.45) is 2.66. The second kappa shape index (κ2) is 3.31. The first-order valence-electron chi connectivity index (χ1n) is 4.37. The van der Waals surface area contributed by atoms with Gasteiger partial charge in [-0.1, -0.05) is 13.1 Å². The third-order valence-electron chi connectivity index (χ3n) is 2.14. The smallest absolute Gasteiger partial charge is 0.199 e. The van der Waals surface area contributed by atoms with Gasteiger partial charge in [0.15, 0.2) is 8.13 Å². The van der Waals surface area contributed by atoms with Crippen LogP contribution in [-0.4, -0.2) is 21.6 Å². The van der Waals surface area contributed by atoms with Crippen LogP contribution < -0.4 is 0 Å². The van der Waals surface area contributed by atoms with E-state index in [1.165, 1.54) is 18.9 Å². The summed E-state index contributed by atoms with van der Waals surface area (Å²) in [5.74, 6) is 0. The zero-order valence-corrected chi connectivity index (χ0v) is 10.0. The van der Waals surface area contributed by atoms with Gasteiger partial charge in [-0.3, -0.25) is 0 Å². The van der Waals surface area contributed by atoms with Gasteiger partial charge >= 0.3 is 0 Å². The fourth-order valence-corrected chi connectivity index (χ4v) is 7.01. The van der Waals surface area contributed by atoms with Gasteiger partial charge in [0.05, 0.1) is 5.60 Å². The Morgan fingerprint density at radius 2 is 2.00 bits per heavy atom. The molecule has 1 saturated heterocycles. The third kappa shape index (κ3) is 2.63. The van der Waals surface area contributed by atoms with E-state index in [0.29, 0.717) is 0 Å². The van der Waals surface area contributed by atoms with Gasteiger partial charge in [-0.15, -0.1) is 0 Å². The highest BCUT2D eigenvalue weighted by Crippen LogP contribution is 2.24. The Bertz CT molecular complexity index is 181. The fourth-order valence-electron chi connectivity index (χ4n) is 1.46. The van der Waals surface area contributed by atoms with Gasteiger partial charge in [0, 0.05) is 7.89 Å². The topological polar surface area (TPSA) is 9.23 Å². The quantitative estimate of drug-likeness (QED) is 0.528. The normalized spacial score (nSPS) is 22.7. The van der Waals surface area contributed by atoms with Crippen LogP contribution in [0, 0.1) is 0 Å². The SMILES string of the molecule is C[Si](C)=[Si]1CCCC(C)(C)O1. The summed E-state index contributed by atoms with van der Waals surface area (Å²) in [5, 5.41) is 0. The maximum atomic E-state index is 6.08. The molecule has 1 aliphatic rings. The molecule has 0 amide bonds. The Balaban J connectivity index is 2.68. The monoisotopic (exact) mass is 186 g/mol. The molecule has 3 heteroatoms. The highest BCUT2D eigenvalue weighted by Gasteiger charge is 2.25. The van der Waals surface area contributed by atoms with Gasteiger partial charge in [-0.05, 0) is 32.7 Å². The Kier molecular flexibility index (Phi) is 2.81. The minimum Gasteiger partial charge on any atom is -0.551 e. The zero-order chi connectivity index (χ0) is 8.48. The Labute approximate surface area is 72.4 Å². The molecule has 1 heterocycles. The molecule has 0 spiro atoms. The van der Waals surface area contributed by atoms with Crippen LogP contribution in [0.4, 0.5) is 0 Å². The summed E-state index contributed by atoms with van der Waals surface area (Å²) < 4.78 is 6.08. The van der Waals surface area contributed by atoms with Crippen LogP contribution in [0.2, 0.25) is 19.1 Å². The maximum Gasteiger partial charge on any atom is 0.199 e. The molecule has 1 nitrogen and oxygen atoms in total. The minimum absolute atomic E-state index is 0.126. The predicted octanol–water partition coefficient (Wildman–Crippen LogP) is 2.40. The van der Waals surface area contributed by atoms with Crippen LogP contribution in [0.5, 0.6) is 0 Å². The van der Waals surface area contributed by atoms with E-state index in [4.69, 9.17) is 4.43 Å². The van der Waals surface area contributed by atoms with E-state index in [-0.39, 0.29) is 21.6 Å². The van der Waals surface area contributed by atoms with Crippen molar-refractivity contribution in [3.63, 3.8) is 0 Å². The predicted molar refractivity (Wildman–Crippen MR) is 52.4 cm³/mol. The molecular weight excluding hydrogens is 168 g/mol. The van der Waals surface area contributed by atoms with E-state index in [9.17, 15) is 0 Å². The Hall–Kier alpha value is 0.234. The number of hydrogen-bond donors (Lipinski definition) is 0. The van der Waals surface area contributed by atoms with E-state index in [1.54, 1.807) is 0 Å². The van der Waals surface area contributed by atoms with Crippen LogP contribution in [0.3, 0.4) is 0 Å². The summed E-state index contributed by atoms with van der Waals surface area (Å²) in [7, 11) is -0.496. The van der Waals surface area contributed by atoms with Crippen molar-refractivity contribution in [2.75, 3.05) is 0 Å². The van der Waals surface area contributed by atoms with E-state index in [1.807, 2.05) is 0 Å². The number of rotatable bonds is 0. The summed E-state index contributed by atoms with van der Waals surface area (Å²) in [5.41, 5.74) is 0.203. The third-order valence-corrected chi connectivity index (χ3v) is 9.26. The lowest BCUT2D eigenvalue weighted by Crippen LogP contribution is -2.36. The van der Waals surface area contributed by atoms with Crippen molar-refractivity contribution >= 4 is 16.0 Å². The molecule has 0 unspecified atom stereocenters. The van der Waals surface area contributed by atoms with Gasteiger partial charge in [0.25, 0.3) is 0 Å². The molecule has 0 atom stereocenters. The molecule has 0 aliphatic carbocycles. The molecule has 1 fully saturated rings. The van der Waals surface area contributed by atoms with Crippen LogP contribution in [-0.2, 0) is 4.43 Å². The van der Waals surface area contributed by atoms with Crippen molar-refractivity contribution < 1.29 is 4.43 Å². The second-order valence-electron chi connectivity index (χ2n) is 4.14. The van der Waals surface area contributed by atoms with Gasteiger partial charge in [-0.2, -0.15) is 0 Å². The molecule has 11 heavy (non-hydrogen) atoms. The molecule has 1 aliphatic heterocycles. The molecule has 0 aromatic rings. The summed E-state index contributed by atoms with van der Waals surface area (Å²) in [4.78, 5) is 0. The molecule has 1 rings (SSSR count). The first kappa shape index (κ1) is 9.32. The van der Waals surface area contributed by atoms with Crippen molar-refractivity contribution in [2.45, 2.75) is 51.4 Å². The van der Waals surface area contributed by atoms with E-state index in [0.717, 1.165) is 0 Å². The lowest BCUT2D eigenvalue weighted by Gasteiger charge is -2.34. The fraction of sp³-hybridized carbons (Fsp3) is 1.00. The van der Waals surface area contributed by atoms with Crippen molar-refractivity contribution in [2.24, 2.45) is 0 Å². The van der Waals surface area contributed by atoms with Crippen molar-refractivity contribution in [1.82, 2.24) is 0 Å². The lowest BCUT2D eigenvalue weighted by atomic mass is 10.0. The second-order valence-corrected chi connectivity index (χ2v) is 12.4. The van der Waals surface area contributed by atoms with Gasteiger partial charge in [-0.25, -0.2) is 0 Å². The Morgan fingerprint density at radius 3 is 2.36 bits per heavy atom. The van der Waals surface area contributed by atoms with Gasteiger partial charge < -0.3 is 4.43 Å². The standard InChI is InChI=1S/C8H18OSi2/c1-8(2)6-5-7-11(9-8)10(3)4/h5-7H2,1-4H3. The van der Waals surface area contributed by atoms with Crippen molar-refractivity contribution in [3.8, 4) is 0 Å².